The van der Waals surface area contributed by atoms with E-state index in [0.29, 0.717) is 38.4 Å². The Bertz CT molecular complexity index is 1390. The summed E-state index contributed by atoms with van der Waals surface area (Å²) < 4.78 is 24.0. The zero-order valence-corrected chi connectivity index (χ0v) is 23.6. The molecule has 3 aromatic carbocycles. The molecule has 1 aromatic heterocycles. The maximum Gasteiger partial charge on any atom is 0.273 e. The number of ether oxygens (including phenoxy) is 2. The third kappa shape index (κ3) is 6.97. The highest BCUT2D eigenvalue weighted by Crippen LogP contribution is 2.23. The van der Waals surface area contributed by atoms with Crippen LogP contribution >= 0.6 is 11.3 Å². The number of halogens is 1. The molecule has 0 radical (unpaired) electrons. The molecule has 1 amide bonds. The normalized spacial score (nSPS) is 13.5. The van der Waals surface area contributed by atoms with Crippen molar-refractivity contribution in [2.45, 2.75) is 19.6 Å². The fourth-order valence-corrected chi connectivity index (χ4v) is 5.61. The van der Waals surface area contributed by atoms with E-state index < -0.39 is 0 Å². The second-order valence-electron chi connectivity index (χ2n) is 9.72. The van der Waals surface area contributed by atoms with Gasteiger partial charge in [-0.3, -0.25) is 9.69 Å². The van der Waals surface area contributed by atoms with Crippen molar-refractivity contribution in [3.63, 3.8) is 0 Å². The van der Waals surface area contributed by atoms with E-state index in [9.17, 15) is 9.18 Å². The van der Waals surface area contributed by atoms with Gasteiger partial charge in [-0.25, -0.2) is 9.37 Å². The number of thiazole rings is 1. The Kier molecular flexibility index (Phi) is 8.93. The van der Waals surface area contributed by atoms with E-state index in [0.717, 1.165) is 46.4 Å². The van der Waals surface area contributed by atoms with Crippen LogP contribution in [0.5, 0.6) is 11.5 Å². The molecular weight excluding hydrogens is 527 g/mol. The Morgan fingerprint density at radius 2 is 1.38 bits per heavy atom. The smallest absolute Gasteiger partial charge is 0.273 e. The summed E-state index contributed by atoms with van der Waals surface area (Å²) in [6, 6.07) is 22.6. The summed E-state index contributed by atoms with van der Waals surface area (Å²) in [6.07, 6.45) is 0. The molecule has 2 heterocycles. The summed E-state index contributed by atoms with van der Waals surface area (Å²) >= 11 is 1.50. The number of carbonyl (C=O) groups is 1. The number of hydrogen-bond donors (Lipinski definition) is 0. The van der Waals surface area contributed by atoms with Gasteiger partial charge in [-0.2, -0.15) is 0 Å². The van der Waals surface area contributed by atoms with E-state index in [1.54, 1.807) is 26.4 Å². The predicted octanol–water partition coefficient (Wildman–Crippen LogP) is 5.46. The lowest BCUT2D eigenvalue weighted by Crippen LogP contribution is -2.48. The third-order valence-electron chi connectivity index (χ3n) is 7.02. The highest BCUT2D eigenvalue weighted by atomic mass is 32.1. The Hall–Kier alpha value is -3.95. The van der Waals surface area contributed by atoms with Gasteiger partial charge in [-0.05, 0) is 59.7 Å². The van der Waals surface area contributed by atoms with Crippen molar-refractivity contribution < 1.29 is 18.7 Å². The van der Waals surface area contributed by atoms with Gasteiger partial charge in [0.1, 0.15) is 28.0 Å². The first-order valence-corrected chi connectivity index (χ1v) is 14.1. The topological polar surface area (TPSA) is 58.1 Å². The molecular formula is C31H33FN4O3S. The molecule has 0 spiro atoms. The molecule has 1 aliphatic heterocycles. The molecule has 0 aliphatic carbocycles. The molecule has 4 aromatic rings. The average Bonchev–Trinajstić information content (AvgIpc) is 3.47. The van der Waals surface area contributed by atoms with Crippen LogP contribution in [0, 0.1) is 5.82 Å². The fourth-order valence-electron chi connectivity index (χ4n) is 4.80. The van der Waals surface area contributed by atoms with Crippen LogP contribution in [0.1, 0.15) is 26.6 Å². The van der Waals surface area contributed by atoms with E-state index in [4.69, 9.17) is 14.5 Å². The molecule has 1 saturated heterocycles. The number of methoxy groups -OCH3 is 2. The van der Waals surface area contributed by atoms with E-state index in [2.05, 4.69) is 9.80 Å². The number of rotatable bonds is 10. The second kappa shape index (κ2) is 12.9. The van der Waals surface area contributed by atoms with Crippen molar-refractivity contribution in [1.82, 2.24) is 14.8 Å². The lowest BCUT2D eigenvalue weighted by molar-refractivity contribution is 0.0741. The Balaban J connectivity index is 1.22. The maximum absolute atomic E-state index is 13.5. The van der Waals surface area contributed by atoms with Gasteiger partial charge >= 0.3 is 0 Å². The number of hydrogen-bond acceptors (Lipinski definition) is 7. The van der Waals surface area contributed by atoms with Crippen LogP contribution in [0.4, 0.5) is 10.1 Å². The first-order chi connectivity index (χ1) is 19.5. The van der Waals surface area contributed by atoms with E-state index in [-0.39, 0.29) is 11.7 Å². The van der Waals surface area contributed by atoms with Gasteiger partial charge in [0.15, 0.2) is 0 Å². The molecule has 7 nitrogen and oxygen atoms in total. The van der Waals surface area contributed by atoms with Gasteiger partial charge in [0.25, 0.3) is 5.91 Å². The van der Waals surface area contributed by atoms with Gasteiger partial charge in [-0.15, -0.1) is 11.3 Å². The minimum atomic E-state index is -0.252. The largest absolute Gasteiger partial charge is 0.497 e. The lowest BCUT2D eigenvalue weighted by atomic mass is 10.1. The number of benzene rings is 3. The Morgan fingerprint density at radius 3 is 1.95 bits per heavy atom. The molecule has 0 bridgehead atoms. The quantitative estimate of drug-likeness (QED) is 0.257. The first-order valence-electron chi connectivity index (χ1n) is 13.2. The fraction of sp³-hybridized carbons (Fsp3) is 0.290. The van der Waals surface area contributed by atoms with Gasteiger partial charge in [0, 0.05) is 50.3 Å². The van der Waals surface area contributed by atoms with Crippen molar-refractivity contribution in [2.75, 3.05) is 45.3 Å². The predicted molar refractivity (Wildman–Crippen MR) is 156 cm³/mol. The standard InChI is InChI=1S/C31H33FN4O3S/c1-38-27-11-5-24(6-12-27)20-34(19-23-3-7-25(32)8-4-23)21-30-33-29(22-40-30)31(37)36-17-15-35(16-18-36)26-9-13-28(39-2)14-10-26/h3-14,22H,15-21H2,1-2H3. The zero-order chi connectivity index (χ0) is 27.9. The summed E-state index contributed by atoms with van der Waals surface area (Å²) in [5.74, 6) is 1.36. The van der Waals surface area contributed by atoms with Crippen molar-refractivity contribution in [3.8, 4) is 11.5 Å². The summed E-state index contributed by atoms with van der Waals surface area (Å²) in [5, 5.41) is 2.73. The summed E-state index contributed by atoms with van der Waals surface area (Å²) in [5.41, 5.74) is 3.76. The van der Waals surface area contributed by atoms with Crippen molar-refractivity contribution in [2.24, 2.45) is 0 Å². The first kappa shape index (κ1) is 27.6. The van der Waals surface area contributed by atoms with Crippen molar-refractivity contribution >= 4 is 22.9 Å². The van der Waals surface area contributed by atoms with Crippen LogP contribution in [0.15, 0.2) is 78.2 Å². The number of piperazine rings is 1. The molecule has 0 N–H and O–H groups in total. The molecule has 5 rings (SSSR count). The molecule has 208 valence electrons. The van der Waals surface area contributed by atoms with Gasteiger partial charge < -0.3 is 19.3 Å². The number of amides is 1. The Morgan fingerprint density at radius 1 is 0.825 bits per heavy atom. The minimum absolute atomic E-state index is 0.0304. The third-order valence-corrected chi connectivity index (χ3v) is 7.85. The van der Waals surface area contributed by atoms with Crippen LogP contribution in [0.2, 0.25) is 0 Å². The highest BCUT2D eigenvalue weighted by Gasteiger charge is 2.24. The SMILES string of the molecule is COc1ccc(CN(Cc2ccc(F)cc2)Cc2nc(C(=O)N3CCN(c4ccc(OC)cc4)CC3)cs2)cc1. The highest BCUT2D eigenvalue weighted by molar-refractivity contribution is 7.09. The van der Waals surface area contributed by atoms with Crippen LogP contribution in [-0.4, -0.2) is 61.1 Å². The molecule has 0 atom stereocenters. The monoisotopic (exact) mass is 560 g/mol. The van der Waals surface area contributed by atoms with E-state index >= 15 is 0 Å². The van der Waals surface area contributed by atoms with Gasteiger partial charge in [0.2, 0.25) is 0 Å². The van der Waals surface area contributed by atoms with Crippen LogP contribution in [0.25, 0.3) is 0 Å². The van der Waals surface area contributed by atoms with Crippen LogP contribution < -0.4 is 14.4 Å². The van der Waals surface area contributed by atoms with Gasteiger partial charge in [-0.1, -0.05) is 24.3 Å². The molecule has 1 aliphatic rings. The van der Waals surface area contributed by atoms with Crippen molar-refractivity contribution in [3.05, 3.63) is 106 Å². The van der Waals surface area contributed by atoms with Crippen molar-refractivity contribution in [1.29, 1.82) is 0 Å². The minimum Gasteiger partial charge on any atom is -0.497 e. The Labute approximate surface area is 238 Å². The maximum atomic E-state index is 13.5. The molecule has 1 fully saturated rings. The van der Waals surface area contributed by atoms with E-state index in [1.807, 2.05) is 58.8 Å². The van der Waals surface area contributed by atoms with Gasteiger partial charge in [0.05, 0.1) is 20.8 Å². The molecule has 9 heteroatoms. The summed E-state index contributed by atoms with van der Waals surface area (Å²) in [4.78, 5) is 24.4. The number of aromatic nitrogens is 1. The lowest BCUT2D eigenvalue weighted by Gasteiger charge is -2.35. The van der Waals surface area contributed by atoms with E-state index in [1.165, 1.54) is 23.5 Å². The summed E-state index contributed by atoms with van der Waals surface area (Å²) in [7, 11) is 3.31. The van der Waals surface area contributed by atoms with Crippen LogP contribution in [-0.2, 0) is 19.6 Å². The van der Waals surface area contributed by atoms with Crippen LogP contribution in [0.3, 0.4) is 0 Å². The number of anilines is 1. The number of carbonyl (C=O) groups excluding carboxylic acids is 1. The number of nitrogens with zero attached hydrogens (tertiary/aromatic N) is 4. The summed E-state index contributed by atoms with van der Waals surface area (Å²) in [6.45, 7) is 4.70. The second-order valence-corrected chi connectivity index (χ2v) is 10.7. The molecule has 40 heavy (non-hydrogen) atoms. The molecule has 0 saturated carbocycles. The zero-order valence-electron chi connectivity index (χ0n) is 22.8. The average molecular weight is 561 g/mol. The molecule has 0 unspecified atom stereocenters.